The number of halogens is 2. The molecule has 2 aromatic rings. The molecule has 0 aliphatic rings. The molecule has 0 aromatic carbocycles. The van der Waals surface area contributed by atoms with Crippen molar-refractivity contribution in [1.29, 1.82) is 0 Å². The number of hydrogen-bond donors (Lipinski definition) is 0. The molecule has 0 atom stereocenters. The minimum absolute atomic E-state index is 0.0579. The maximum atomic E-state index is 12.8. The number of furan rings is 1. The number of aromatic nitrogens is 1. The van der Waals surface area contributed by atoms with Crippen LogP contribution in [0.5, 0.6) is 0 Å². The molecule has 0 fully saturated rings. The Morgan fingerprint density at radius 1 is 1.53 bits per heavy atom. The van der Waals surface area contributed by atoms with E-state index in [-0.39, 0.29) is 12.5 Å². The van der Waals surface area contributed by atoms with E-state index in [4.69, 9.17) is 8.83 Å². The Kier molecular flexibility index (Phi) is 3.64. The SMILES string of the molecule is CCOC(=O)c1oc(-c2coc(C)c2)nc1C(F)F. The van der Waals surface area contributed by atoms with Gasteiger partial charge in [-0.1, -0.05) is 0 Å². The minimum Gasteiger partial charge on any atom is -0.469 e. The molecule has 2 heterocycles. The van der Waals surface area contributed by atoms with Gasteiger partial charge in [-0.15, -0.1) is 0 Å². The van der Waals surface area contributed by atoms with E-state index >= 15 is 0 Å². The molecule has 102 valence electrons. The van der Waals surface area contributed by atoms with Crippen molar-refractivity contribution in [2.45, 2.75) is 20.3 Å². The molecule has 2 aromatic heterocycles. The number of oxazole rings is 1. The fraction of sp³-hybridized carbons (Fsp3) is 0.333. The van der Waals surface area contributed by atoms with Crippen molar-refractivity contribution >= 4 is 5.97 Å². The molecule has 0 saturated carbocycles. The number of rotatable bonds is 4. The Morgan fingerprint density at radius 3 is 2.79 bits per heavy atom. The average Bonchev–Trinajstić information content (AvgIpc) is 2.94. The second-order valence-corrected chi connectivity index (χ2v) is 3.70. The number of aryl methyl sites for hydroxylation is 1. The molecule has 0 aliphatic carbocycles. The predicted molar refractivity (Wildman–Crippen MR) is 59.9 cm³/mol. The van der Waals surface area contributed by atoms with Crippen LogP contribution >= 0.6 is 0 Å². The lowest BCUT2D eigenvalue weighted by atomic mass is 10.3. The van der Waals surface area contributed by atoms with Gasteiger partial charge in [-0.3, -0.25) is 0 Å². The van der Waals surface area contributed by atoms with Gasteiger partial charge in [0.25, 0.3) is 6.43 Å². The van der Waals surface area contributed by atoms with Gasteiger partial charge in [0.15, 0.2) is 5.69 Å². The summed E-state index contributed by atoms with van der Waals surface area (Å²) in [6.07, 6.45) is -1.62. The summed E-state index contributed by atoms with van der Waals surface area (Å²) in [5.41, 5.74) is -0.345. The third kappa shape index (κ3) is 2.64. The summed E-state index contributed by atoms with van der Waals surface area (Å²) in [6, 6.07) is 1.57. The summed E-state index contributed by atoms with van der Waals surface area (Å²) < 4.78 is 40.4. The Labute approximate surface area is 107 Å². The van der Waals surface area contributed by atoms with E-state index in [1.165, 1.54) is 6.26 Å². The highest BCUT2D eigenvalue weighted by atomic mass is 19.3. The average molecular weight is 271 g/mol. The summed E-state index contributed by atoms with van der Waals surface area (Å²) in [6.45, 7) is 3.31. The van der Waals surface area contributed by atoms with Gasteiger partial charge in [0, 0.05) is 0 Å². The van der Waals surface area contributed by atoms with Crippen LogP contribution in [0.2, 0.25) is 0 Å². The molecule has 2 rings (SSSR count). The Morgan fingerprint density at radius 2 is 2.26 bits per heavy atom. The summed E-state index contributed by atoms with van der Waals surface area (Å²) in [5.74, 6) is -1.07. The molecule has 0 unspecified atom stereocenters. The van der Waals surface area contributed by atoms with Crippen molar-refractivity contribution in [2.75, 3.05) is 6.61 Å². The van der Waals surface area contributed by atoms with Gasteiger partial charge in [0.05, 0.1) is 12.2 Å². The smallest absolute Gasteiger partial charge is 0.376 e. The first-order chi connectivity index (χ1) is 9.02. The van der Waals surface area contributed by atoms with E-state index in [9.17, 15) is 13.6 Å². The zero-order chi connectivity index (χ0) is 14.0. The monoisotopic (exact) mass is 271 g/mol. The van der Waals surface area contributed by atoms with E-state index in [1.54, 1.807) is 19.9 Å². The standard InChI is InChI=1S/C12H11F2NO4/c1-3-17-12(16)9-8(10(13)14)15-11(19-9)7-4-6(2)18-5-7/h4-5,10H,3H2,1-2H3. The molecule has 0 saturated heterocycles. The molecule has 0 spiro atoms. The van der Waals surface area contributed by atoms with Crippen LogP contribution < -0.4 is 0 Å². The summed E-state index contributed by atoms with van der Waals surface area (Å²) in [7, 11) is 0. The molecule has 19 heavy (non-hydrogen) atoms. The Balaban J connectivity index is 2.43. The quantitative estimate of drug-likeness (QED) is 0.798. The van der Waals surface area contributed by atoms with Crippen LogP contribution in [0.15, 0.2) is 21.2 Å². The highest BCUT2D eigenvalue weighted by Crippen LogP contribution is 2.29. The number of carbonyl (C=O) groups excluding carboxylic acids is 1. The first-order valence-electron chi connectivity index (χ1n) is 5.54. The van der Waals surface area contributed by atoms with Crippen LogP contribution in [0, 0.1) is 6.92 Å². The number of ether oxygens (including phenoxy) is 1. The number of hydrogen-bond acceptors (Lipinski definition) is 5. The lowest BCUT2D eigenvalue weighted by Crippen LogP contribution is -2.06. The molecular weight excluding hydrogens is 260 g/mol. The van der Waals surface area contributed by atoms with Crippen molar-refractivity contribution in [3.8, 4) is 11.5 Å². The fourth-order valence-corrected chi connectivity index (χ4v) is 1.50. The summed E-state index contributed by atoms with van der Waals surface area (Å²) in [4.78, 5) is 15.1. The number of alkyl halides is 2. The number of esters is 1. The third-order valence-electron chi connectivity index (χ3n) is 2.30. The third-order valence-corrected chi connectivity index (χ3v) is 2.30. The van der Waals surface area contributed by atoms with Crippen LogP contribution in [0.1, 0.15) is 35.4 Å². The van der Waals surface area contributed by atoms with Gasteiger partial charge >= 0.3 is 5.97 Å². The van der Waals surface area contributed by atoms with E-state index in [1.807, 2.05) is 0 Å². The number of carbonyl (C=O) groups is 1. The maximum absolute atomic E-state index is 12.8. The molecule has 0 amide bonds. The molecule has 0 radical (unpaired) electrons. The van der Waals surface area contributed by atoms with Crippen molar-refractivity contribution in [1.82, 2.24) is 4.98 Å². The molecular formula is C12H11F2NO4. The molecule has 0 N–H and O–H groups in total. The molecule has 0 bridgehead atoms. The van der Waals surface area contributed by atoms with Gasteiger partial charge in [-0.25, -0.2) is 18.6 Å². The highest BCUT2D eigenvalue weighted by Gasteiger charge is 2.28. The van der Waals surface area contributed by atoms with Gasteiger partial charge < -0.3 is 13.6 Å². The van der Waals surface area contributed by atoms with Crippen molar-refractivity contribution in [3.05, 3.63) is 29.5 Å². The number of nitrogens with zero attached hydrogens (tertiary/aromatic N) is 1. The van der Waals surface area contributed by atoms with Gasteiger partial charge in [-0.2, -0.15) is 0 Å². The summed E-state index contributed by atoms with van der Waals surface area (Å²) in [5, 5.41) is 0. The molecule has 5 nitrogen and oxygen atoms in total. The van der Waals surface area contributed by atoms with Gasteiger partial charge in [0.1, 0.15) is 12.0 Å². The normalized spacial score (nSPS) is 11.0. The molecule has 0 aliphatic heterocycles. The summed E-state index contributed by atoms with van der Waals surface area (Å²) >= 11 is 0. The highest BCUT2D eigenvalue weighted by molar-refractivity contribution is 5.88. The second-order valence-electron chi connectivity index (χ2n) is 3.70. The zero-order valence-electron chi connectivity index (χ0n) is 10.3. The van der Waals surface area contributed by atoms with Crippen LogP contribution in [0.25, 0.3) is 11.5 Å². The fourth-order valence-electron chi connectivity index (χ4n) is 1.50. The van der Waals surface area contributed by atoms with Gasteiger partial charge in [0.2, 0.25) is 11.7 Å². The zero-order valence-corrected chi connectivity index (χ0v) is 10.3. The van der Waals surface area contributed by atoms with Crippen LogP contribution in [-0.2, 0) is 4.74 Å². The van der Waals surface area contributed by atoms with Crippen LogP contribution in [0.3, 0.4) is 0 Å². The second kappa shape index (κ2) is 5.21. The van der Waals surface area contributed by atoms with Crippen molar-refractivity contribution in [2.24, 2.45) is 0 Å². The first-order valence-corrected chi connectivity index (χ1v) is 5.54. The van der Waals surface area contributed by atoms with E-state index in [0.29, 0.717) is 11.3 Å². The van der Waals surface area contributed by atoms with Crippen LogP contribution in [-0.4, -0.2) is 17.6 Å². The predicted octanol–water partition coefficient (Wildman–Crippen LogP) is 3.36. The van der Waals surface area contributed by atoms with E-state index in [2.05, 4.69) is 9.72 Å². The topological polar surface area (TPSA) is 65.5 Å². The lowest BCUT2D eigenvalue weighted by molar-refractivity contribution is 0.0476. The first kappa shape index (κ1) is 13.3. The maximum Gasteiger partial charge on any atom is 0.376 e. The molecule has 7 heteroatoms. The van der Waals surface area contributed by atoms with E-state index in [0.717, 1.165) is 0 Å². The van der Waals surface area contributed by atoms with E-state index < -0.39 is 23.8 Å². The minimum atomic E-state index is -2.93. The van der Waals surface area contributed by atoms with Crippen molar-refractivity contribution < 1.29 is 27.1 Å². The largest absolute Gasteiger partial charge is 0.469 e. The van der Waals surface area contributed by atoms with Crippen LogP contribution in [0.4, 0.5) is 8.78 Å². The van der Waals surface area contributed by atoms with Gasteiger partial charge in [-0.05, 0) is 19.9 Å². The Bertz CT molecular complexity index is 588. The lowest BCUT2D eigenvalue weighted by Gasteiger charge is -1.99. The van der Waals surface area contributed by atoms with Crippen molar-refractivity contribution in [3.63, 3.8) is 0 Å². The Hall–Kier alpha value is -2.18.